The van der Waals surface area contributed by atoms with Crippen LogP contribution in [-0.4, -0.2) is 53.3 Å². The average Bonchev–Trinajstić information content (AvgIpc) is 2.93. The molecule has 0 saturated carbocycles. The number of benzene rings is 1. The Morgan fingerprint density at radius 2 is 2.47 bits per heavy atom. The van der Waals surface area contributed by atoms with Crippen LogP contribution in [0.4, 0.5) is 0 Å². The number of morpholine rings is 1. The van der Waals surface area contributed by atoms with E-state index in [4.69, 9.17) is 4.74 Å². The van der Waals surface area contributed by atoms with E-state index in [1.807, 2.05) is 12.1 Å². The zero-order valence-corrected chi connectivity index (χ0v) is 11.1. The smallest absolute Gasteiger partial charge is 0.254 e. The van der Waals surface area contributed by atoms with E-state index in [9.17, 15) is 9.90 Å². The van der Waals surface area contributed by atoms with E-state index in [0.717, 1.165) is 10.2 Å². The van der Waals surface area contributed by atoms with Gasteiger partial charge in [0.05, 0.1) is 41.6 Å². The monoisotopic (exact) mass is 278 g/mol. The predicted octanol–water partition coefficient (Wildman–Crippen LogP) is 1.13. The van der Waals surface area contributed by atoms with Crippen molar-refractivity contribution in [2.45, 2.75) is 6.04 Å². The molecule has 2 heterocycles. The van der Waals surface area contributed by atoms with E-state index in [1.54, 1.807) is 16.5 Å². The van der Waals surface area contributed by atoms with Gasteiger partial charge >= 0.3 is 0 Å². The fourth-order valence-corrected chi connectivity index (χ4v) is 2.94. The maximum Gasteiger partial charge on any atom is 0.254 e. The summed E-state index contributed by atoms with van der Waals surface area (Å²) in [6.07, 6.45) is 0. The molecule has 3 rings (SSSR count). The fourth-order valence-electron chi connectivity index (χ4n) is 2.23. The molecule has 1 aromatic heterocycles. The molecule has 1 aliphatic heterocycles. The second-order valence-electron chi connectivity index (χ2n) is 4.44. The van der Waals surface area contributed by atoms with Crippen molar-refractivity contribution < 1.29 is 14.6 Å². The molecule has 0 bridgehead atoms. The number of ether oxygens (including phenoxy) is 1. The van der Waals surface area contributed by atoms with Gasteiger partial charge in [-0.1, -0.05) is 0 Å². The number of carbonyl (C=O) groups excluding carboxylic acids is 1. The highest BCUT2D eigenvalue weighted by atomic mass is 32.1. The Hall–Kier alpha value is -1.50. The van der Waals surface area contributed by atoms with Gasteiger partial charge in [0.2, 0.25) is 0 Å². The first-order valence-electron chi connectivity index (χ1n) is 6.12. The molecule has 19 heavy (non-hydrogen) atoms. The highest BCUT2D eigenvalue weighted by Gasteiger charge is 2.27. The van der Waals surface area contributed by atoms with Gasteiger partial charge in [0.1, 0.15) is 0 Å². The number of thiazole rings is 1. The van der Waals surface area contributed by atoms with Crippen LogP contribution in [0.5, 0.6) is 0 Å². The Balaban J connectivity index is 1.89. The van der Waals surface area contributed by atoms with Crippen molar-refractivity contribution in [1.82, 2.24) is 9.88 Å². The number of hydrogen-bond acceptors (Lipinski definition) is 5. The summed E-state index contributed by atoms with van der Waals surface area (Å²) in [7, 11) is 0. The first-order chi connectivity index (χ1) is 9.29. The fraction of sp³-hybridized carbons (Fsp3) is 0.385. The lowest BCUT2D eigenvalue weighted by atomic mass is 10.1. The van der Waals surface area contributed by atoms with Crippen molar-refractivity contribution in [3.63, 3.8) is 0 Å². The Bertz CT molecular complexity index is 598. The van der Waals surface area contributed by atoms with Gasteiger partial charge < -0.3 is 14.7 Å². The molecular formula is C13H14N2O3S. The third kappa shape index (κ3) is 2.34. The van der Waals surface area contributed by atoms with Crippen LogP contribution in [-0.2, 0) is 4.74 Å². The molecule has 1 aromatic carbocycles. The van der Waals surface area contributed by atoms with Crippen LogP contribution in [0.2, 0.25) is 0 Å². The van der Waals surface area contributed by atoms with Crippen molar-refractivity contribution in [1.29, 1.82) is 0 Å². The zero-order valence-electron chi connectivity index (χ0n) is 10.3. The number of amides is 1. The summed E-state index contributed by atoms with van der Waals surface area (Å²) in [5, 5.41) is 9.31. The van der Waals surface area contributed by atoms with Crippen LogP contribution in [0.25, 0.3) is 10.2 Å². The van der Waals surface area contributed by atoms with E-state index in [-0.39, 0.29) is 18.6 Å². The van der Waals surface area contributed by atoms with Crippen LogP contribution in [0.3, 0.4) is 0 Å². The molecule has 1 saturated heterocycles. The molecule has 6 heteroatoms. The molecule has 1 unspecified atom stereocenters. The molecule has 1 N–H and O–H groups in total. The minimum Gasteiger partial charge on any atom is -0.394 e. The largest absolute Gasteiger partial charge is 0.394 e. The summed E-state index contributed by atoms with van der Waals surface area (Å²) in [5.74, 6) is -0.0577. The normalized spacial score (nSPS) is 19.8. The Morgan fingerprint density at radius 1 is 1.58 bits per heavy atom. The summed E-state index contributed by atoms with van der Waals surface area (Å²) in [6.45, 7) is 1.36. The highest BCUT2D eigenvalue weighted by Crippen LogP contribution is 2.21. The van der Waals surface area contributed by atoms with Crippen molar-refractivity contribution in [2.75, 3.05) is 26.4 Å². The van der Waals surface area contributed by atoms with Gasteiger partial charge in [-0.2, -0.15) is 0 Å². The van der Waals surface area contributed by atoms with E-state index < -0.39 is 0 Å². The number of aliphatic hydroxyl groups excluding tert-OH is 1. The quantitative estimate of drug-likeness (QED) is 0.894. The molecule has 100 valence electrons. The van der Waals surface area contributed by atoms with Gasteiger partial charge in [-0.05, 0) is 18.2 Å². The molecule has 1 atom stereocenters. The summed E-state index contributed by atoms with van der Waals surface area (Å²) < 4.78 is 6.28. The van der Waals surface area contributed by atoms with E-state index >= 15 is 0 Å². The van der Waals surface area contributed by atoms with Crippen molar-refractivity contribution in [3.8, 4) is 0 Å². The minimum atomic E-state index is -0.251. The molecule has 1 aliphatic rings. The number of aromatic nitrogens is 1. The molecule has 1 fully saturated rings. The molecular weight excluding hydrogens is 264 g/mol. The number of fused-ring (bicyclic) bond motifs is 1. The Morgan fingerprint density at radius 3 is 3.32 bits per heavy atom. The van der Waals surface area contributed by atoms with Crippen LogP contribution in [0, 0.1) is 0 Å². The van der Waals surface area contributed by atoms with Gasteiger partial charge in [-0.3, -0.25) is 4.79 Å². The first-order valence-corrected chi connectivity index (χ1v) is 7.00. The van der Waals surface area contributed by atoms with Crippen LogP contribution in [0.15, 0.2) is 23.7 Å². The van der Waals surface area contributed by atoms with Crippen LogP contribution in [0.1, 0.15) is 10.4 Å². The molecule has 0 spiro atoms. The number of hydrogen-bond donors (Lipinski definition) is 1. The third-order valence-corrected chi connectivity index (χ3v) is 4.07. The third-order valence-electron chi connectivity index (χ3n) is 3.28. The van der Waals surface area contributed by atoms with Crippen LogP contribution < -0.4 is 0 Å². The van der Waals surface area contributed by atoms with Gasteiger partial charge in [0.15, 0.2) is 0 Å². The standard InChI is InChI=1S/C13H14N2O3S/c16-6-10-7-18-4-3-15(10)13(17)9-1-2-11-12(5-9)19-8-14-11/h1-2,5,8,10,16H,3-4,6-7H2. The van der Waals surface area contributed by atoms with Gasteiger partial charge in [0, 0.05) is 12.1 Å². The number of rotatable bonds is 2. The number of carbonyl (C=O) groups is 1. The predicted molar refractivity (Wildman–Crippen MR) is 72.3 cm³/mol. The van der Waals surface area contributed by atoms with Gasteiger partial charge in [-0.15, -0.1) is 11.3 Å². The first kappa shape index (κ1) is 12.5. The summed E-state index contributed by atoms with van der Waals surface area (Å²) in [4.78, 5) is 18.4. The summed E-state index contributed by atoms with van der Waals surface area (Å²) >= 11 is 1.52. The molecule has 2 aromatic rings. The summed E-state index contributed by atoms with van der Waals surface area (Å²) in [5.41, 5.74) is 3.31. The zero-order chi connectivity index (χ0) is 13.2. The maximum absolute atomic E-state index is 12.5. The second kappa shape index (κ2) is 5.24. The van der Waals surface area contributed by atoms with Crippen molar-refractivity contribution >= 4 is 27.5 Å². The minimum absolute atomic E-state index is 0.0577. The van der Waals surface area contributed by atoms with Crippen molar-refractivity contribution in [2.24, 2.45) is 0 Å². The Labute approximate surface area is 114 Å². The lowest BCUT2D eigenvalue weighted by molar-refractivity contribution is -0.0183. The van der Waals surface area contributed by atoms with Gasteiger partial charge in [0.25, 0.3) is 5.91 Å². The lowest BCUT2D eigenvalue weighted by Gasteiger charge is -2.34. The topological polar surface area (TPSA) is 62.7 Å². The van der Waals surface area contributed by atoms with E-state index in [2.05, 4.69) is 4.98 Å². The number of nitrogens with zero attached hydrogens (tertiary/aromatic N) is 2. The molecule has 0 radical (unpaired) electrons. The van der Waals surface area contributed by atoms with Crippen LogP contribution >= 0.6 is 11.3 Å². The highest BCUT2D eigenvalue weighted by molar-refractivity contribution is 7.16. The lowest BCUT2D eigenvalue weighted by Crippen LogP contribution is -2.50. The maximum atomic E-state index is 12.5. The Kier molecular flexibility index (Phi) is 3.46. The summed E-state index contributed by atoms with van der Waals surface area (Å²) in [6, 6.07) is 5.25. The SMILES string of the molecule is O=C(c1ccc2ncsc2c1)N1CCOCC1CO. The van der Waals surface area contributed by atoms with E-state index in [0.29, 0.717) is 25.3 Å². The second-order valence-corrected chi connectivity index (χ2v) is 5.33. The van der Waals surface area contributed by atoms with Crippen molar-refractivity contribution in [3.05, 3.63) is 29.3 Å². The van der Waals surface area contributed by atoms with Gasteiger partial charge in [-0.25, -0.2) is 4.98 Å². The molecule has 0 aliphatic carbocycles. The average molecular weight is 278 g/mol. The molecule has 5 nitrogen and oxygen atoms in total. The molecule has 1 amide bonds. The van der Waals surface area contributed by atoms with E-state index in [1.165, 1.54) is 11.3 Å². The number of aliphatic hydroxyl groups is 1.